The average Bonchev–Trinajstić information content (AvgIpc) is 3.15. The second-order valence-corrected chi connectivity index (χ2v) is 5.73. The zero-order valence-electron chi connectivity index (χ0n) is 12.1. The van der Waals surface area contributed by atoms with Crippen LogP contribution in [0.2, 0.25) is 0 Å². The van der Waals surface area contributed by atoms with Gasteiger partial charge in [-0.1, -0.05) is 6.07 Å². The summed E-state index contributed by atoms with van der Waals surface area (Å²) in [5, 5.41) is 0. The summed E-state index contributed by atoms with van der Waals surface area (Å²) in [7, 11) is 0. The molecule has 5 nitrogen and oxygen atoms in total. The van der Waals surface area contributed by atoms with Gasteiger partial charge in [0.15, 0.2) is 0 Å². The number of hydrogen-bond donors (Lipinski definition) is 1. The highest BCUT2D eigenvalue weighted by atomic mass is 16.2. The van der Waals surface area contributed by atoms with Crippen LogP contribution in [0.15, 0.2) is 24.3 Å². The molecule has 2 saturated heterocycles. The van der Waals surface area contributed by atoms with Crippen LogP contribution in [0, 0.1) is 0 Å². The van der Waals surface area contributed by atoms with Gasteiger partial charge < -0.3 is 15.5 Å². The van der Waals surface area contributed by atoms with Gasteiger partial charge in [0.2, 0.25) is 5.91 Å². The smallest absolute Gasteiger partial charge is 0.254 e. The van der Waals surface area contributed by atoms with Crippen molar-refractivity contribution in [3.8, 4) is 0 Å². The average molecular weight is 287 g/mol. The van der Waals surface area contributed by atoms with Crippen LogP contribution >= 0.6 is 0 Å². The zero-order chi connectivity index (χ0) is 14.8. The maximum absolute atomic E-state index is 12.6. The molecular formula is C16H21N3O2. The molecule has 2 aliphatic rings. The highest BCUT2D eigenvalue weighted by molar-refractivity contribution is 5.99. The van der Waals surface area contributed by atoms with E-state index in [1.54, 1.807) is 4.90 Å². The summed E-state index contributed by atoms with van der Waals surface area (Å²) in [6.07, 6.45) is 3.47. The van der Waals surface area contributed by atoms with Crippen molar-refractivity contribution in [3.05, 3.63) is 29.8 Å². The molecule has 2 fully saturated rings. The predicted octanol–water partition coefficient (Wildman–Crippen LogP) is 1.38. The quantitative estimate of drug-likeness (QED) is 0.913. The van der Waals surface area contributed by atoms with Gasteiger partial charge in [-0.3, -0.25) is 9.59 Å². The summed E-state index contributed by atoms with van der Waals surface area (Å²) in [4.78, 5) is 28.1. The lowest BCUT2D eigenvalue weighted by Gasteiger charge is -2.24. The van der Waals surface area contributed by atoms with Crippen LogP contribution in [0.3, 0.4) is 0 Å². The molecule has 0 aliphatic carbocycles. The molecule has 1 atom stereocenters. The first-order chi connectivity index (χ1) is 10.2. The zero-order valence-corrected chi connectivity index (χ0v) is 12.1. The Balaban J connectivity index is 1.82. The molecule has 0 aromatic heterocycles. The SMILES string of the molecule is NCC1CCCN1C(=O)c1cccc(N2CCCC2=O)c1. The molecule has 3 rings (SSSR count). The van der Waals surface area contributed by atoms with E-state index in [4.69, 9.17) is 5.73 Å². The second kappa shape index (κ2) is 5.85. The van der Waals surface area contributed by atoms with Crippen LogP contribution < -0.4 is 10.6 Å². The third-order valence-electron chi connectivity index (χ3n) is 4.39. The van der Waals surface area contributed by atoms with E-state index in [2.05, 4.69) is 0 Å². The molecule has 1 aromatic rings. The van der Waals surface area contributed by atoms with Crippen LogP contribution in [0.25, 0.3) is 0 Å². The molecule has 0 radical (unpaired) electrons. The summed E-state index contributed by atoms with van der Waals surface area (Å²) in [5.41, 5.74) is 7.21. The standard InChI is InChI=1S/C16H21N3O2/c17-11-14-6-2-9-19(14)16(21)12-4-1-5-13(10-12)18-8-3-7-15(18)20/h1,4-5,10,14H,2-3,6-9,11,17H2. The van der Waals surface area contributed by atoms with Crippen LogP contribution in [-0.2, 0) is 4.79 Å². The molecule has 2 aliphatic heterocycles. The number of likely N-dealkylation sites (tertiary alicyclic amines) is 1. The Labute approximate surface area is 124 Å². The number of carbonyl (C=O) groups excluding carboxylic acids is 2. The summed E-state index contributed by atoms with van der Waals surface area (Å²) in [6, 6.07) is 7.54. The lowest BCUT2D eigenvalue weighted by molar-refractivity contribution is -0.117. The molecule has 1 unspecified atom stereocenters. The van der Waals surface area contributed by atoms with E-state index in [-0.39, 0.29) is 17.9 Å². The van der Waals surface area contributed by atoms with Crippen LogP contribution in [-0.4, -0.2) is 42.4 Å². The van der Waals surface area contributed by atoms with E-state index in [1.165, 1.54) is 0 Å². The maximum atomic E-state index is 12.6. The molecule has 2 N–H and O–H groups in total. The fourth-order valence-electron chi connectivity index (χ4n) is 3.24. The van der Waals surface area contributed by atoms with Crippen molar-refractivity contribution in [1.82, 2.24) is 4.90 Å². The Morgan fingerprint density at radius 2 is 2.14 bits per heavy atom. The Hall–Kier alpha value is -1.88. The summed E-state index contributed by atoms with van der Waals surface area (Å²) >= 11 is 0. The number of hydrogen-bond acceptors (Lipinski definition) is 3. The van der Waals surface area contributed by atoms with Crippen molar-refractivity contribution >= 4 is 17.5 Å². The number of nitrogens with two attached hydrogens (primary N) is 1. The van der Waals surface area contributed by atoms with Crippen molar-refractivity contribution in [3.63, 3.8) is 0 Å². The fourth-order valence-corrected chi connectivity index (χ4v) is 3.24. The normalized spacial score (nSPS) is 22.1. The van der Waals surface area contributed by atoms with E-state index >= 15 is 0 Å². The molecule has 21 heavy (non-hydrogen) atoms. The topological polar surface area (TPSA) is 66.6 Å². The van der Waals surface area contributed by atoms with Crippen molar-refractivity contribution in [1.29, 1.82) is 0 Å². The van der Waals surface area contributed by atoms with Crippen LogP contribution in [0.5, 0.6) is 0 Å². The monoisotopic (exact) mass is 287 g/mol. The van der Waals surface area contributed by atoms with Gasteiger partial charge in [-0.05, 0) is 37.5 Å². The highest BCUT2D eigenvalue weighted by Gasteiger charge is 2.29. The largest absolute Gasteiger partial charge is 0.334 e. The molecule has 2 amide bonds. The third kappa shape index (κ3) is 2.65. The summed E-state index contributed by atoms with van der Waals surface area (Å²) in [6.45, 7) is 2.02. The molecule has 0 spiro atoms. The minimum atomic E-state index is 0.0245. The fraction of sp³-hybridized carbons (Fsp3) is 0.500. The Morgan fingerprint density at radius 3 is 2.86 bits per heavy atom. The van der Waals surface area contributed by atoms with Gasteiger partial charge in [0, 0.05) is 43.3 Å². The number of nitrogens with zero attached hydrogens (tertiary/aromatic N) is 2. The Morgan fingerprint density at radius 1 is 1.29 bits per heavy atom. The minimum Gasteiger partial charge on any atom is -0.334 e. The number of benzene rings is 1. The van der Waals surface area contributed by atoms with Crippen molar-refractivity contribution < 1.29 is 9.59 Å². The van der Waals surface area contributed by atoms with Crippen molar-refractivity contribution in [2.75, 3.05) is 24.5 Å². The minimum absolute atomic E-state index is 0.0245. The van der Waals surface area contributed by atoms with Gasteiger partial charge in [0.05, 0.1) is 0 Å². The first-order valence-electron chi connectivity index (χ1n) is 7.62. The van der Waals surface area contributed by atoms with Crippen LogP contribution in [0.4, 0.5) is 5.69 Å². The van der Waals surface area contributed by atoms with E-state index in [0.29, 0.717) is 18.5 Å². The molecule has 5 heteroatoms. The second-order valence-electron chi connectivity index (χ2n) is 5.73. The first kappa shape index (κ1) is 14.1. The highest BCUT2D eigenvalue weighted by Crippen LogP contribution is 2.25. The Kier molecular flexibility index (Phi) is 3.92. The van der Waals surface area contributed by atoms with Crippen molar-refractivity contribution in [2.24, 2.45) is 5.73 Å². The first-order valence-corrected chi connectivity index (χ1v) is 7.62. The van der Waals surface area contributed by atoms with E-state index in [9.17, 15) is 9.59 Å². The van der Waals surface area contributed by atoms with Gasteiger partial charge in [-0.25, -0.2) is 0 Å². The van der Waals surface area contributed by atoms with Gasteiger partial charge in [0.1, 0.15) is 0 Å². The number of rotatable bonds is 3. The van der Waals surface area contributed by atoms with Crippen molar-refractivity contribution in [2.45, 2.75) is 31.7 Å². The molecular weight excluding hydrogens is 266 g/mol. The summed E-state index contributed by atoms with van der Waals surface area (Å²) in [5.74, 6) is 0.164. The summed E-state index contributed by atoms with van der Waals surface area (Å²) < 4.78 is 0. The third-order valence-corrected chi connectivity index (χ3v) is 4.39. The van der Waals surface area contributed by atoms with Gasteiger partial charge in [-0.15, -0.1) is 0 Å². The van der Waals surface area contributed by atoms with Crippen LogP contribution in [0.1, 0.15) is 36.0 Å². The van der Waals surface area contributed by atoms with E-state index in [1.807, 2.05) is 29.2 Å². The predicted molar refractivity (Wildman–Crippen MR) is 81.1 cm³/mol. The van der Waals surface area contributed by atoms with Gasteiger partial charge >= 0.3 is 0 Å². The molecule has 0 saturated carbocycles. The van der Waals surface area contributed by atoms with Gasteiger partial charge in [-0.2, -0.15) is 0 Å². The maximum Gasteiger partial charge on any atom is 0.254 e. The van der Waals surface area contributed by atoms with Gasteiger partial charge in [0.25, 0.3) is 5.91 Å². The molecule has 112 valence electrons. The molecule has 1 aromatic carbocycles. The van der Waals surface area contributed by atoms with E-state index in [0.717, 1.165) is 38.0 Å². The number of carbonyl (C=O) groups is 2. The number of anilines is 1. The Bertz CT molecular complexity index is 558. The molecule has 0 bridgehead atoms. The lowest BCUT2D eigenvalue weighted by Crippen LogP contribution is -2.40. The number of amides is 2. The van der Waals surface area contributed by atoms with E-state index < -0.39 is 0 Å². The molecule has 2 heterocycles. The lowest BCUT2D eigenvalue weighted by atomic mass is 10.1.